The number of carbonyl (C=O) groups is 2. The molecule has 1 heterocycles. The zero-order valence-corrected chi connectivity index (χ0v) is 18.7. The molecule has 0 bridgehead atoms. The summed E-state index contributed by atoms with van der Waals surface area (Å²) in [5, 5.41) is 2.95. The van der Waals surface area contributed by atoms with Gasteiger partial charge >= 0.3 is 5.97 Å². The summed E-state index contributed by atoms with van der Waals surface area (Å²) in [6.07, 6.45) is 4.65. The number of anilines is 1. The number of rotatable bonds is 9. The van der Waals surface area contributed by atoms with E-state index in [1.54, 1.807) is 0 Å². The maximum atomic E-state index is 12.5. The van der Waals surface area contributed by atoms with Gasteiger partial charge in [-0.15, -0.1) is 0 Å². The number of hydrogen-bond acceptors (Lipinski definition) is 4. The number of unbranched alkanes of at least 4 members (excludes halogenated alkanes) is 1. The fraction of sp³-hybridized carbons (Fsp3) is 0.407. The van der Waals surface area contributed by atoms with Gasteiger partial charge in [0.25, 0.3) is 0 Å². The lowest BCUT2D eigenvalue weighted by atomic mass is 9.75. The normalized spacial score (nSPS) is 21.8. The molecule has 32 heavy (non-hydrogen) atoms. The third-order valence-corrected chi connectivity index (χ3v) is 6.52. The van der Waals surface area contributed by atoms with Crippen LogP contribution in [0.25, 0.3) is 0 Å². The van der Waals surface area contributed by atoms with Crippen LogP contribution in [0, 0.1) is 11.3 Å². The number of amides is 1. The fourth-order valence-electron chi connectivity index (χ4n) is 4.76. The molecule has 2 aromatic carbocycles. The minimum Gasteiger partial charge on any atom is -0.494 e. The molecule has 2 aromatic rings. The molecule has 2 unspecified atom stereocenters. The summed E-state index contributed by atoms with van der Waals surface area (Å²) in [5.74, 6) is 0.894. The summed E-state index contributed by atoms with van der Waals surface area (Å²) < 4.78 is 11.0. The first-order valence-electron chi connectivity index (χ1n) is 11.4. The maximum absolute atomic E-state index is 12.5. The molecule has 0 radical (unpaired) electrons. The largest absolute Gasteiger partial charge is 0.494 e. The van der Waals surface area contributed by atoms with Gasteiger partial charge in [0.15, 0.2) is 0 Å². The van der Waals surface area contributed by atoms with Crippen molar-refractivity contribution in [3.05, 3.63) is 71.8 Å². The van der Waals surface area contributed by atoms with Gasteiger partial charge in [-0.2, -0.15) is 0 Å². The van der Waals surface area contributed by atoms with E-state index in [-0.39, 0.29) is 17.8 Å². The Morgan fingerprint density at radius 2 is 1.88 bits per heavy atom. The van der Waals surface area contributed by atoms with E-state index in [4.69, 9.17) is 9.47 Å². The lowest BCUT2D eigenvalue weighted by Gasteiger charge is -2.24. The van der Waals surface area contributed by atoms with Crippen molar-refractivity contribution in [2.24, 2.45) is 11.3 Å². The number of allylic oxidation sites excluding steroid dienone is 1. The third kappa shape index (κ3) is 4.87. The van der Waals surface area contributed by atoms with E-state index >= 15 is 0 Å². The van der Waals surface area contributed by atoms with Crippen molar-refractivity contribution in [1.29, 1.82) is 0 Å². The molecule has 1 N–H and O–H groups in total. The highest BCUT2D eigenvalue weighted by molar-refractivity contribution is 5.92. The van der Waals surface area contributed by atoms with Crippen LogP contribution >= 0.6 is 0 Å². The molecule has 1 saturated heterocycles. The molecule has 1 aliphatic carbocycles. The topological polar surface area (TPSA) is 64.6 Å². The SMILES string of the molecule is C=C1CC2COC(=O)C2(Cc2ccc(NC(=O)Cc3ccc(OCCCC)cc3)cc2)C1. The van der Waals surface area contributed by atoms with Crippen molar-refractivity contribution in [3.63, 3.8) is 0 Å². The first kappa shape index (κ1) is 22.1. The number of benzene rings is 2. The third-order valence-electron chi connectivity index (χ3n) is 6.52. The van der Waals surface area contributed by atoms with Gasteiger partial charge in [-0.25, -0.2) is 0 Å². The number of ether oxygens (including phenoxy) is 2. The quantitative estimate of drug-likeness (QED) is 0.340. The van der Waals surface area contributed by atoms with E-state index in [1.807, 2.05) is 48.5 Å². The number of esters is 1. The van der Waals surface area contributed by atoms with Crippen molar-refractivity contribution >= 4 is 17.6 Å². The van der Waals surface area contributed by atoms with Gasteiger partial charge in [0.2, 0.25) is 5.91 Å². The minimum absolute atomic E-state index is 0.0671. The average molecular weight is 434 g/mol. The van der Waals surface area contributed by atoms with Crippen LogP contribution in [0.15, 0.2) is 60.7 Å². The zero-order chi connectivity index (χ0) is 22.6. The Kier molecular flexibility index (Phi) is 6.63. The summed E-state index contributed by atoms with van der Waals surface area (Å²) in [4.78, 5) is 24.9. The van der Waals surface area contributed by atoms with Crippen molar-refractivity contribution in [2.75, 3.05) is 18.5 Å². The van der Waals surface area contributed by atoms with Gasteiger partial charge < -0.3 is 14.8 Å². The van der Waals surface area contributed by atoms with Crippen LogP contribution in [-0.4, -0.2) is 25.1 Å². The molecule has 1 aliphatic heterocycles. The standard InChI is InChI=1S/C27H31NO4/c1-3-4-13-31-24-11-7-20(8-12-24)15-25(29)28-23-9-5-21(6-10-23)17-27-16-19(2)14-22(27)18-32-26(27)30/h5-12,22H,2-4,13-18H2,1H3,(H,28,29). The van der Waals surface area contributed by atoms with Gasteiger partial charge in [-0.05, 0) is 61.1 Å². The lowest BCUT2D eigenvalue weighted by molar-refractivity contribution is -0.146. The molecule has 1 saturated carbocycles. The molecule has 1 amide bonds. The molecule has 5 heteroatoms. The number of nitrogens with one attached hydrogen (secondary N) is 1. The number of carbonyl (C=O) groups excluding carboxylic acids is 2. The van der Waals surface area contributed by atoms with E-state index in [0.717, 1.165) is 47.4 Å². The first-order chi connectivity index (χ1) is 15.5. The summed E-state index contributed by atoms with van der Waals surface area (Å²) in [6.45, 7) is 7.44. The summed E-state index contributed by atoms with van der Waals surface area (Å²) in [7, 11) is 0. The van der Waals surface area contributed by atoms with E-state index < -0.39 is 5.41 Å². The number of cyclic esters (lactones) is 1. The van der Waals surface area contributed by atoms with Gasteiger partial charge in [0.1, 0.15) is 5.75 Å². The first-order valence-corrected chi connectivity index (χ1v) is 11.4. The molecule has 0 spiro atoms. The van der Waals surface area contributed by atoms with Gasteiger partial charge in [-0.3, -0.25) is 9.59 Å². The average Bonchev–Trinajstić information content (AvgIpc) is 3.24. The van der Waals surface area contributed by atoms with E-state index in [9.17, 15) is 9.59 Å². The fourth-order valence-corrected chi connectivity index (χ4v) is 4.76. The number of fused-ring (bicyclic) bond motifs is 1. The molecule has 2 atom stereocenters. The molecule has 168 valence electrons. The van der Waals surface area contributed by atoms with Gasteiger partial charge in [0.05, 0.1) is 25.0 Å². The molecule has 2 aliphatic rings. The Hall–Kier alpha value is -3.08. The second-order valence-corrected chi connectivity index (χ2v) is 9.03. The molecule has 5 nitrogen and oxygen atoms in total. The van der Waals surface area contributed by atoms with E-state index in [0.29, 0.717) is 32.5 Å². The summed E-state index contributed by atoms with van der Waals surface area (Å²) in [5.41, 5.74) is 3.43. The Morgan fingerprint density at radius 1 is 1.16 bits per heavy atom. The molecule has 2 fully saturated rings. The van der Waals surface area contributed by atoms with Crippen LogP contribution in [-0.2, 0) is 27.2 Å². The summed E-state index contributed by atoms with van der Waals surface area (Å²) in [6, 6.07) is 15.4. The van der Waals surface area contributed by atoms with Crippen LogP contribution in [0.2, 0.25) is 0 Å². The molecular formula is C27H31NO4. The monoisotopic (exact) mass is 433 g/mol. The van der Waals surface area contributed by atoms with E-state index in [1.165, 1.54) is 0 Å². The van der Waals surface area contributed by atoms with Gasteiger partial charge in [-0.1, -0.05) is 49.8 Å². The highest BCUT2D eigenvalue weighted by Gasteiger charge is 2.55. The highest BCUT2D eigenvalue weighted by Crippen LogP contribution is 2.52. The van der Waals surface area contributed by atoms with Crippen LogP contribution < -0.4 is 10.1 Å². The highest BCUT2D eigenvalue weighted by atomic mass is 16.5. The smallest absolute Gasteiger partial charge is 0.313 e. The Morgan fingerprint density at radius 3 is 2.59 bits per heavy atom. The second kappa shape index (κ2) is 9.60. The zero-order valence-electron chi connectivity index (χ0n) is 18.7. The molecular weight excluding hydrogens is 402 g/mol. The Bertz CT molecular complexity index is 980. The van der Waals surface area contributed by atoms with Crippen molar-refractivity contribution in [2.45, 2.75) is 45.4 Å². The molecule has 4 rings (SSSR count). The van der Waals surface area contributed by atoms with Crippen LogP contribution in [0.4, 0.5) is 5.69 Å². The van der Waals surface area contributed by atoms with Crippen molar-refractivity contribution in [3.8, 4) is 5.75 Å². The van der Waals surface area contributed by atoms with Crippen molar-refractivity contribution in [1.82, 2.24) is 0 Å². The van der Waals surface area contributed by atoms with Crippen LogP contribution in [0.3, 0.4) is 0 Å². The molecule has 0 aromatic heterocycles. The van der Waals surface area contributed by atoms with Gasteiger partial charge in [0, 0.05) is 11.6 Å². The van der Waals surface area contributed by atoms with Crippen LogP contribution in [0.1, 0.15) is 43.7 Å². The van der Waals surface area contributed by atoms with E-state index in [2.05, 4.69) is 18.8 Å². The minimum atomic E-state index is -0.464. The van der Waals surface area contributed by atoms with Crippen molar-refractivity contribution < 1.29 is 19.1 Å². The maximum Gasteiger partial charge on any atom is 0.313 e. The summed E-state index contributed by atoms with van der Waals surface area (Å²) >= 11 is 0. The second-order valence-electron chi connectivity index (χ2n) is 9.03. The lowest BCUT2D eigenvalue weighted by Crippen LogP contribution is -2.31. The van der Waals surface area contributed by atoms with Crippen LogP contribution in [0.5, 0.6) is 5.75 Å². The Labute approximate surface area is 189 Å². The predicted molar refractivity (Wildman–Crippen MR) is 125 cm³/mol. The predicted octanol–water partition coefficient (Wildman–Crippen LogP) is 5.10. The Balaban J connectivity index is 1.31. The number of hydrogen-bond donors (Lipinski definition) is 1.